The summed E-state index contributed by atoms with van der Waals surface area (Å²) in [6.45, 7) is 1.30. The molecule has 1 heterocycles. The molecule has 0 radical (unpaired) electrons. The summed E-state index contributed by atoms with van der Waals surface area (Å²) >= 11 is 5.35. The molecule has 0 unspecified atom stereocenters. The van der Waals surface area contributed by atoms with Gasteiger partial charge in [-0.15, -0.1) is 0 Å². The molecule has 1 aromatic heterocycles. The molecule has 0 bridgehead atoms. The number of ether oxygens (including phenoxy) is 1. The van der Waals surface area contributed by atoms with E-state index in [2.05, 4.69) is 10.3 Å². The van der Waals surface area contributed by atoms with Gasteiger partial charge in [0.05, 0.1) is 13.2 Å². The monoisotopic (exact) mass is 467 g/mol. The quantitative estimate of drug-likeness (QED) is 0.348. The number of imidazole rings is 1. The lowest BCUT2D eigenvalue weighted by molar-refractivity contribution is 0.0680. The van der Waals surface area contributed by atoms with Crippen molar-refractivity contribution in [2.45, 2.75) is 13.0 Å². The molecule has 9 nitrogen and oxygen atoms in total. The number of hydrogen-bond donors (Lipinski definition) is 2. The molecule has 0 saturated heterocycles. The van der Waals surface area contributed by atoms with Gasteiger partial charge in [-0.2, -0.15) is 4.73 Å². The molecule has 0 aliphatic carbocycles. The second-order valence-corrected chi connectivity index (χ2v) is 7.40. The maximum absolute atomic E-state index is 12.6. The van der Waals surface area contributed by atoms with Crippen LogP contribution in [0.25, 0.3) is 0 Å². The van der Waals surface area contributed by atoms with Gasteiger partial charge < -0.3 is 20.6 Å². The predicted octanol–water partition coefficient (Wildman–Crippen LogP) is 2.49. The van der Waals surface area contributed by atoms with Crippen LogP contribution in [0.4, 0.5) is 5.82 Å². The number of aromatic nitrogens is 2. The summed E-state index contributed by atoms with van der Waals surface area (Å²) in [4.78, 5) is 35.4. The number of rotatable bonds is 10. The fourth-order valence-corrected chi connectivity index (χ4v) is 3.05. The van der Waals surface area contributed by atoms with Crippen LogP contribution in [0.3, 0.4) is 0 Å². The smallest absolute Gasteiger partial charge is 0.271 e. The third-order valence-electron chi connectivity index (χ3n) is 4.60. The zero-order chi connectivity index (χ0) is 23.6. The van der Waals surface area contributed by atoms with Crippen molar-refractivity contribution in [3.63, 3.8) is 0 Å². The molecular weight excluding hydrogens is 442 g/mol. The van der Waals surface area contributed by atoms with E-state index in [0.717, 1.165) is 5.56 Å². The molecule has 2 aromatic carbocycles. The van der Waals surface area contributed by atoms with Crippen molar-refractivity contribution in [1.82, 2.24) is 14.6 Å². The number of thiocarbonyl (C=S) groups is 1. The van der Waals surface area contributed by atoms with Gasteiger partial charge in [-0.1, -0.05) is 48.5 Å². The lowest BCUT2D eigenvalue weighted by Crippen LogP contribution is -2.37. The Morgan fingerprint density at radius 1 is 1.09 bits per heavy atom. The third-order valence-corrected chi connectivity index (χ3v) is 4.98. The summed E-state index contributed by atoms with van der Waals surface area (Å²) in [5, 5.41) is 2.90. The van der Waals surface area contributed by atoms with E-state index < -0.39 is 5.91 Å². The second-order valence-electron chi connectivity index (χ2n) is 7.02. The summed E-state index contributed by atoms with van der Waals surface area (Å²) < 4.78 is 6.90. The maximum atomic E-state index is 12.6. The van der Waals surface area contributed by atoms with Crippen LogP contribution in [0, 0.1) is 0 Å². The average molecular weight is 468 g/mol. The van der Waals surface area contributed by atoms with Crippen LogP contribution in [0.15, 0.2) is 67.0 Å². The number of nitrogens with zero attached hydrogens (tertiary/aromatic N) is 3. The van der Waals surface area contributed by atoms with Gasteiger partial charge in [-0.25, -0.2) is 4.98 Å². The van der Waals surface area contributed by atoms with Crippen LogP contribution < -0.4 is 15.9 Å². The van der Waals surface area contributed by atoms with E-state index in [1.165, 1.54) is 23.0 Å². The molecule has 0 aliphatic heterocycles. The van der Waals surface area contributed by atoms with Crippen molar-refractivity contribution in [3.05, 3.63) is 83.8 Å². The van der Waals surface area contributed by atoms with E-state index in [4.69, 9.17) is 27.5 Å². The molecule has 0 fully saturated rings. The summed E-state index contributed by atoms with van der Waals surface area (Å²) in [5.74, 6) is -0.924. The van der Waals surface area contributed by atoms with Gasteiger partial charge in [0.25, 0.3) is 11.8 Å². The fourth-order valence-electron chi connectivity index (χ4n) is 2.87. The Kier molecular flexibility index (Phi) is 8.50. The Labute approximate surface area is 197 Å². The molecular formula is C23H25N5O4S. The number of nitrogens with two attached hydrogens (primary N) is 1. The van der Waals surface area contributed by atoms with Gasteiger partial charge in [0, 0.05) is 19.0 Å². The van der Waals surface area contributed by atoms with Gasteiger partial charge in [0.2, 0.25) is 0 Å². The highest BCUT2D eigenvalue weighted by Gasteiger charge is 2.22. The van der Waals surface area contributed by atoms with Crippen molar-refractivity contribution >= 4 is 35.0 Å². The Morgan fingerprint density at radius 2 is 1.76 bits per heavy atom. The zero-order valence-corrected chi connectivity index (χ0v) is 19.0. The number of benzene rings is 2. The topological polar surface area (TPSA) is 112 Å². The number of carbonyl (C=O) groups excluding carboxylic acids is 2. The van der Waals surface area contributed by atoms with Crippen LogP contribution in [0.5, 0.6) is 0 Å². The molecule has 33 heavy (non-hydrogen) atoms. The first-order valence-electron chi connectivity index (χ1n) is 10.2. The maximum Gasteiger partial charge on any atom is 0.271 e. The number of amides is 2. The van der Waals surface area contributed by atoms with E-state index in [0.29, 0.717) is 31.8 Å². The van der Waals surface area contributed by atoms with Crippen LogP contribution in [-0.4, -0.2) is 51.8 Å². The van der Waals surface area contributed by atoms with Crippen LogP contribution >= 0.6 is 12.2 Å². The van der Waals surface area contributed by atoms with E-state index >= 15 is 0 Å². The van der Waals surface area contributed by atoms with Gasteiger partial charge in [-0.3, -0.25) is 14.5 Å². The highest BCUT2D eigenvalue weighted by Crippen LogP contribution is 2.15. The SMILES string of the molecule is CN(C(=O)c1ccccc1)C(=S)Nc1c(C(N)=O)ncn1OCCCOCc1ccccc1. The van der Waals surface area contributed by atoms with Crippen LogP contribution in [0.1, 0.15) is 32.8 Å². The Morgan fingerprint density at radius 3 is 2.42 bits per heavy atom. The van der Waals surface area contributed by atoms with Gasteiger partial charge >= 0.3 is 0 Å². The van der Waals surface area contributed by atoms with Gasteiger partial charge in [0.1, 0.15) is 12.9 Å². The molecule has 3 N–H and O–H groups in total. The molecule has 0 spiro atoms. The van der Waals surface area contributed by atoms with Crippen molar-refractivity contribution in [2.24, 2.45) is 5.73 Å². The molecule has 0 saturated carbocycles. The summed E-state index contributed by atoms with van der Waals surface area (Å²) in [5.41, 5.74) is 6.93. The third kappa shape index (κ3) is 6.61. The minimum atomic E-state index is -0.758. The first kappa shape index (κ1) is 23.9. The Balaban J connectivity index is 1.56. The van der Waals surface area contributed by atoms with E-state index in [9.17, 15) is 9.59 Å². The number of anilines is 1. The molecule has 2 amide bonds. The highest BCUT2D eigenvalue weighted by atomic mass is 32.1. The largest absolute Gasteiger partial charge is 0.411 e. The van der Waals surface area contributed by atoms with E-state index in [-0.39, 0.29) is 22.5 Å². The fraction of sp³-hybridized carbons (Fsp3) is 0.217. The number of hydrogen-bond acceptors (Lipinski definition) is 6. The van der Waals surface area contributed by atoms with Gasteiger partial charge in [0.15, 0.2) is 16.6 Å². The lowest BCUT2D eigenvalue weighted by atomic mass is 10.2. The van der Waals surface area contributed by atoms with Crippen molar-refractivity contribution < 1.29 is 19.2 Å². The summed E-state index contributed by atoms with van der Waals surface area (Å²) in [6.07, 6.45) is 1.92. The van der Waals surface area contributed by atoms with Crippen molar-refractivity contribution in [2.75, 3.05) is 25.6 Å². The summed E-state index contributed by atoms with van der Waals surface area (Å²) in [7, 11) is 1.53. The van der Waals surface area contributed by atoms with E-state index in [1.807, 2.05) is 36.4 Å². The van der Waals surface area contributed by atoms with Crippen LogP contribution in [0.2, 0.25) is 0 Å². The normalized spacial score (nSPS) is 10.5. The minimum absolute atomic E-state index is 0.0572. The Bertz CT molecular complexity index is 1090. The van der Waals surface area contributed by atoms with E-state index in [1.54, 1.807) is 24.3 Å². The predicted molar refractivity (Wildman–Crippen MR) is 128 cm³/mol. The second kappa shape index (κ2) is 11.7. The Hall–Kier alpha value is -3.76. The lowest BCUT2D eigenvalue weighted by Gasteiger charge is -2.20. The standard InChI is InChI=1S/C23H25N5O4S/c1-27(22(30)18-11-6-3-7-12-18)23(33)26-21-19(20(24)29)25-16-28(21)32-14-8-13-31-15-17-9-4-2-5-10-17/h2-7,9-12,16H,8,13-15H2,1H3,(H2,24,29)(H,26,33). The molecule has 0 atom stereocenters. The molecule has 3 aromatic rings. The molecule has 3 rings (SSSR count). The number of nitrogens with one attached hydrogen (secondary N) is 1. The van der Waals surface area contributed by atoms with Crippen molar-refractivity contribution in [3.8, 4) is 0 Å². The average Bonchev–Trinajstić information content (AvgIpc) is 3.24. The zero-order valence-electron chi connectivity index (χ0n) is 18.1. The number of primary amides is 1. The molecule has 0 aliphatic rings. The first-order valence-corrected chi connectivity index (χ1v) is 10.6. The molecule has 172 valence electrons. The molecule has 10 heteroatoms. The summed E-state index contributed by atoms with van der Waals surface area (Å²) in [6, 6.07) is 18.6. The van der Waals surface area contributed by atoms with Gasteiger partial charge in [-0.05, 0) is 29.9 Å². The minimum Gasteiger partial charge on any atom is -0.411 e. The van der Waals surface area contributed by atoms with Crippen LogP contribution in [-0.2, 0) is 11.3 Å². The van der Waals surface area contributed by atoms with Crippen molar-refractivity contribution in [1.29, 1.82) is 0 Å². The first-order chi connectivity index (χ1) is 16.0. The highest BCUT2D eigenvalue weighted by molar-refractivity contribution is 7.80. The number of carbonyl (C=O) groups is 2.